The first-order valence-electron chi connectivity index (χ1n) is 11.2. The topological polar surface area (TPSA) is 0 Å². The number of hydrogen-bond donors (Lipinski definition) is 0. The van der Waals surface area contributed by atoms with Crippen LogP contribution in [0.15, 0.2) is 60.7 Å². The van der Waals surface area contributed by atoms with Crippen molar-refractivity contribution in [2.45, 2.75) is 71.6 Å². The van der Waals surface area contributed by atoms with Crippen molar-refractivity contribution < 1.29 is 0 Å². The lowest BCUT2D eigenvalue weighted by molar-refractivity contribution is 0.667. The van der Waals surface area contributed by atoms with Gasteiger partial charge in [0, 0.05) is 11.1 Å². The molecule has 0 nitrogen and oxygen atoms in total. The van der Waals surface area contributed by atoms with Crippen molar-refractivity contribution in [2.24, 2.45) is 0 Å². The lowest BCUT2D eigenvalue weighted by Gasteiger charge is -2.01. The number of allylic oxidation sites excluding steroid dienone is 2. The van der Waals surface area contributed by atoms with Gasteiger partial charge in [-0.25, -0.2) is 0 Å². The van der Waals surface area contributed by atoms with Gasteiger partial charge >= 0.3 is 0 Å². The minimum atomic E-state index is 1.05. The van der Waals surface area contributed by atoms with Crippen molar-refractivity contribution in [3.63, 3.8) is 0 Å². The van der Waals surface area contributed by atoms with Crippen molar-refractivity contribution >= 4 is 0 Å². The van der Waals surface area contributed by atoms with Gasteiger partial charge < -0.3 is 0 Å². The van der Waals surface area contributed by atoms with Gasteiger partial charge in [-0.1, -0.05) is 93.9 Å². The van der Waals surface area contributed by atoms with Crippen molar-refractivity contribution in [1.82, 2.24) is 0 Å². The first-order chi connectivity index (χ1) is 14.3. The van der Waals surface area contributed by atoms with Crippen LogP contribution in [0, 0.1) is 23.7 Å². The number of aryl methyl sites for hydroxylation is 2. The Morgan fingerprint density at radius 3 is 1.41 bits per heavy atom. The highest BCUT2D eigenvalue weighted by atomic mass is 14.0. The molecule has 0 N–H and O–H groups in total. The second-order valence-electron chi connectivity index (χ2n) is 7.53. The second kappa shape index (κ2) is 14.3. The van der Waals surface area contributed by atoms with Crippen LogP contribution < -0.4 is 0 Å². The van der Waals surface area contributed by atoms with Gasteiger partial charge in [0.05, 0.1) is 0 Å². The molecule has 0 saturated carbocycles. The summed E-state index contributed by atoms with van der Waals surface area (Å²) in [7, 11) is 0. The fraction of sp³-hybridized carbons (Fsp3) is 0.379. The molecular weight excluding hydrogens is 348 g/mol. The number of unbranched alkanes of at least 4 members (excludes halogenated alkanes) is 5. The maximum absolute atomic E-state index is 3.17. The lowest BCUT2D eigenvalue weighted by atomic mass is 10.0. The maximum atomic E-state index is 3.17. The van der Waals surface area contributed by atoms with Crippen LogP contribution in [-0.4, -0.2) is 0 Å². The zero-order valence-corrected chi connectivity index (χ0v) is 18.1. The molecule has 29 heavy (non-hydrogen) atoms. The fourth-order valence-electron chi connectivity index (χ4n) is 3.18. The minimum Gasteiger partial charge on any atom is -0.0689 e. The molecule has 0 aromatic heterocycles. The zero-order chi connectivity index (χ0) is 20.6. The van der Waals surface area contributed by atoms with E-state index in [0.29, 0.717) is 0 Å². The van der Waals surface area contributed by atoms with Gasteiger partial charge in [-0.05, 0) is 73.2 Å². The molecule has 0 heterocycles. The monoisotopic (exact) mass is 382 g/mol. The molecule has 0 aliphatic heterocycles. The summed E-state index contributed by atoms with van der Waals surface area (Å²) in [5, 5.41) is 0. The molecule has 0 radical (unpaired) electrons. The van der Waals surface area contributed by atoms with E-state index >= 15 is 0 Å². The molecule has 150 valence electrons. The van der Waals surface area contributed by atoms with Crippen LogP contribution in [0.25, 0.3) is 0 Å². The molecule has 0 unspecified atom stereocenters. The van der Waals surface area contributed by atoms with E-state index in [0.717, 1.165) is 17.5 Å². The Balaban J connectivity index is 1.77. The third-order valence-electron chi connectivity index (χ3n) is 4.98. The summed E-state index contributed by atoms with van der Waals surface area (Å²) >= 11 is 0. The molecule has 2 aromatic carbocycles. The van der Waals surface area contributed by atoms with Crippen LogP contribution in [-0.2, 0) is 12.8 Å². The van der Waals surface area contributed by atoms with E-state index in [1.807, 2.05) is 12.2 Å². The van der Waals surface area contributed by atoms with Crippen LogP contribution in [0.5, 0.6) is 0 Å². The SMILES string of the molecule is CCCCCCc1ccc(C#CC=CC#Cc2ccc(CCCCC)cc2)cc1. The normalized spacial score (nSPS) is 10.3. The Labute approximate surface area is 178 Å². The standard InChI is InChI=1S/C29H34/c1-3-5-7-11-15-27-22-24-29(25-23-27)17-13-9-8-12-16-28-20-18-26(19-21-28)14-10-6-4-2/h8-9,18-25H,3-7,10-11,14-15H2,1-2H3. The Morgan fingerprint density at radius 2 is 0.966 bits per heavy atom. The molecule has 0 atom stereocenters. The van der Waals surface area contributed by atoms with Gasteiger partial charge in [-0.3, -0.25) is 0 Å². The number of hydrogen-bond acceptors (Lipinski definition) is 0. The molecule has 0 heteroatoms. The number of benzene rings is 2. The van der Waals surface area contributed by atoms with Gasteiger partial charge in [-0.15, -0.1) is 0 Å². The predicted molar refractivity (Wildman–Crippen MR) is 127 cm³/mol. The first kappa shape index (κ1) is 22.6. The first-order valence-corrected chi connectivity index (χ1v) is 11.2. The Kier molecular flexibility index (Phi) is 11.2. The smallest absolute Gasteiger partial charge is 0.0249 e. The molecule has 0 fully saturated rings. The van der Waals surface area contributed by atoms with Crippen molar-refractivity contribution in [3.05, 3.63) is 82.9 Å². The Hall–Kier alpha value is -2.70. The molecule has 0 bridgehead atoms. The van der Waals surface area contributed by atoms with Gasteiger partial charge in [-0.2, -0.15) is 0 Å². The second-order valence-corrected chi connectivity index (χ2v) is 7.53. The lowest BCUT2D eigenvalue weighted by Crippen LogP contribution is -1.86. The van der Waals surface area contributed by atoms with Crippen LogP contribution in [0.2, 0.25) is 0 Å². The molecular formula is C29H34. The molecule has 0 saturated heterocycles. The Morgan fingerprint density at radius 1 is 0.552 bits per heavy atom. The summed E-state index contributed by atoms with van der Waals surface area (Å²) in [5.41, 5.74) is 4.91. The highest BCUT2D eigenvalue weighted by Crippen LogP contribution is 2.10. The van der Waals surface area contributed by atoms with Crippen molar-refractivity contribution in [3.8, 4) is 23.7 Å². The highest BCUT2D eigenvalue weighted by molar-refractivity contribution is 5.42. The number of rotatable bonds is 9. The van der Waals surface area contributed by atoms with E-state index in [1.165, 1.54) is 62.5 Å². The highest BCUT2D eigenvalue weighted by Gasteiger charge is 1.94. The van der Waals surface area contributed by atoms with E-state index in [9.17, 15) is 0 Å². The van der Waals surface area contributed by atoms with E-state index < -0.39 is 0 Å². The fourth-order valence-corrected chi connectivity index (χ4v) is 3.18. The summed E-state index contributed by atoms with van der Waals surface area (Å²) in [6.07, 6.45) is 15.1. The maximum Gasteiger partial charge on any atom is 0.0249 e. The molecule has 0 amide bonds. The van der Waals surface area contributed by atoms with Crippen LogP contribution in [0.3, 0.4) is 0 Å². The minimum absolute atomic E-state index is 1.05. The van der Waals surface area contributed by atoms with Crippen LogP contribution >= 0.6 is 0 Å². The summed E-state index contributed by atoms with van der Waals surface area (Å²) in [5.74, 6) is 12.5. The largest absolute Gasteiger partial charge is 0.0689 e. The molecule has 0 aliphatic rings. The molecule has 2 rings (SSSR count). The molecule has 0 spiro atoms. The van der Waals surface area contributed by atoms with Gasteiger partial charge in [0.15, 0.2) is 0 Å². The van der Waals surface area contributed by atoms with Crippen LogP contribution in [0.4, 0.5) is 0 Å². The van der Waals surface area contributed by atoms with E-state index in [4.69, 9.17) is 0 Å². The van der Waals surface area contributed by atoms with Crippen molar-refractivity contribution in [2.75, 3.05) is 0 Å². The van der Waals surface area contributed by atoms with E-state index in [2.05, 4.69) is 86.1 Å². The van der Waals surface area contributed by atoms with E-state index in [1.54, 1.807) is 0 Å². The third kappa shape index (κ3) is 9.87. The van der Waals surface area contributed by atoms with Gasteiger partial charge in [0.1, 0.15) is 0 Å². The van der Waals surface area contributed by atoms with E-state index in [-0.39, 0.29) is 0 Å². The predicted octanol–water partition coefficient (Wildman–Crippen LogP) is 7.50. The average Bonchev–Trinajstić information content (AvgIpc) is 2.76. The van der Waals surface area contributed by atoms with Gasteiger partial charge in [0.2, 0.25) is 0 Å². The summed E-state index contributed by atoms with van der Waals surface area (Å²) in [4.78, 5) is 0. The van der Waals surface area contributed by atoms with Crippen molar-refractivity contribution in [1.29, 1.82) is 0 Å². The van der Waals surface area contributed by atoms with Crippen LogP contribution in [0.1, 0.15) is 81.0 Å². The average molecular weight is 383 g/mol. The molecule has 0 aliphatic carbocycles. The quantitative estimate of drug-likeness (QED) is 0.311. The summed E-state index contributed by atoms with van der Waals surface area (Å²) in [6, 6.07) is 17.2. The Bertz CT molecular complexity index is 843. The summed E-state index contributed by atoms with van der Waals surface area (Å²) in [6.45, 7) is 4.49. The molecule has 2 aromatic rings. The van der Waals surface area contributed by atoms with Gasteiger partial charge in [0.25, 0.3) is 0 Å². The third-order valence-corrected chi connectivity index (χ3v) is 4.98. The summed E-state index contributed by atoms with van der Waals surface area (Å²) < 4.78 is 0. The zero-order valence-electron chi connectivity index (χ0n) is 18.1.